The summed E-state index contributed by atoms with van der Waals surface area (Å²) in [6.45, 7) is 4.10. The SMILES string of the molecule is CCNc1ncc(F)c(Oc2ccc(C)cc2[N+](=O)[O-])n1. The standard InChI is InChI=1S/C13H13FN4O3/c1-3-15-13-16-7-9(14)12(17-13)21-11-5-4-8(2)6-10(11)18(19)20/h4-7H,3H2,1-2H3,(H,15,16,17). The van der Waals surface area contributed by atoms with Crippen LogP contribution in [0.4, 0.5) is 16.0 Å². The number of nitrogens with zero attached hydrogens (tertiary/aromatic N) is 3. The lowest BCUT2D eigenvalue weighted by atomic mass is 10.2. The lowest BCUT2D eigenvalue weighted by molar-refractivity contribution is -0.385. The summed E-state index contributed by atoms with van der Waals surface area (Å²) in [6, 6.07) is 4.38. The second kappa shape index (κ2) is 6.12. The first-order valence-electron chi connectivity index (χ1n) is 6.20. The maximum absolute atomic E-state index is 13.7. The Morgan fingerprint density at radius 3 is 2.90 bits per heavy atom. The van der Waals surface area contributed by atoms with E-state index >= 15 is 0 Å². The zero-order valence-electron chi connectivity index (χ0n) is 11.5. The van der Waals surface area contributed by atoms with Gasteiger partial charge in [-0.25, -0.2) is 4.98 Å². The van der Waals surface area contributed by atoms with Crippen molar-refractivity contribution in [3.63, 3.8) is 0 Å². The number of nitro benzene ring substituents is 1. The van der Waals surface area contributed by atoms with Gasteiger partial charge in [0.15, 0.2) is 0 Å². The van der Waals surface area contributed by atoms with E-state index in [0.717, 1.165) is 6.20 Å². The van der Waals surface area contributed by atoms with Crippen LogP contribution in [-0.4, -0.2) is 21.4 Å². The van der Waals surface area contributed by atoms with Crippen molar-refractivity contribution in [3.8, 4) is 11.6 Å². The molecule has 0 fully saturated rings. The van der Waals surface area contributed by atoms with Crippen molar-refractivity contribution in [3.05, 3.63) is 45.9 Å². The van der Waals surface area contributed by atoms with Crippen molar-refractivity contribution in [2.24, 2.45) is 0 Å². The number of halogens is 1. The number of aryl methyl sites for hydroxylation is 1. The van der Waals surface area contributed by atoms with Crippen LogP contribution in [0.1, 0.15) is 12.5 Å². The normalized spacial score (nSPS) is 10.2. The van der Waals surface area contributed by atoms with Gasteiger partial charge in [-0.05, 0) is 25.5 Å². The molecule has 7 nitrogen and oxygen atoms in total. The molecule has 21 heavy (non-hydrogen) atoms. The van der Waals surface area contributed by atoms with Crippen LogP contribution in [0.3, 0.4) is 0 Å². The first-order chi connectivity index (χ1) is 10.0. The van der Waals surface area contributed by atoms with Gasteiger partial charge in [-0.2, -0.15) is 9.37 Å². The number of rotatable bonds is 5. The summed E-state index contributed by atoms with van der Waals surface area (Å²) in [5.74, 6) is -1.06. The van der Waals surface area contributed by atoms with Crippen LogP contribution < -0.4 is 10.1 Å². The fourth-order valence-corrected chi connectivity index (χ4v) is 1.63. The topological polar surface area (TPSA) is 90.2 Å². The molecule has 0 radical (unpaired) electrons. The Balaban J connectivity index is 2.38. The fourth-order valence-electron chi connectivity index (χ4n) is 1.63. The fraction of sp³-hybridized carbons (Fsp3) is 0.231. The first-order valence-corrected chi connectivity index (χ1v) is 6.20. The number of hydrogen-bond acceptors (Lipinski definition) is 6. The van der Waals surface area contributed by atoms with Crippen molar-refractivity contribution in [2.45, 2.75) is 13.8 Å². The molecule has 0 amide bonds. The molecule has 0 aliphatic rings. The predicted molar refractivity (Wildman–Crippen MR) is 74.1 cm³/mol. The summed E-state index contributed by atoms with van der Waals surface area (Å²) in [4.78, 5) is 18.0. The van der Waals surface area contributed by atoms with Crippen LogP contribution in [0.25, 0.3) is 0 Å². The molecule has 0 aliphatic heterocycles. The van der Waals surface area contributed by atoms with Gasteiger partial charge in [-0.3, -0.25) is 10.1 Å². The molecule has 0 spiro atoms. The second-order valence-electron chi connectivity index (χ2n) is 4.21. The van der Waals surface area contributed by atoms with Gasteiger partial charge >= 0.3 is 5.69 Å². The van der Waals surface area contributed by atoms with Gasteiger partial charge in [0.05, 0.1) is 11.1 Å². The summed E-state index contributed by atoms with van der Waals surface area (Å²) in [6.07, 6.45) is 0.945. The molecule has 8 heteroatoms. The molecule has 2 rings (SSSR count). The molecular formula is C13H13FN4O3. The molecule has 0 saturated heterocycles. The Hall–Kier alpha value is -2.77. The van der Waals surface area contributed by atoms with Crippen molar-refractivity contribution < 1.29 is 14.1 Å². The minimum atomic E-state index is -0.800. The third kappa shape index (κ3) is 3.41. The van der Waals surface area contributed by atoms with Crippen molar-refractivity contribution in [2.75, 3.05) is 11.9 Å². The molecule has 110 valence electrons. The summed E-state index contributed by atoms with van der Waals surface area (Å²) in [7, 11) is 0. The van der Waals surface area contributed by atoms with Gasteiger partial charge < -0.3 is 10.1 Å². The van der Waals surface area contributed by atoms with E-state index in [9.17, 15) is 14.5 Å². The number of nitrogens with one attached hydrogen (secondary N) is 1. The van der Waals surface area contributed by atoms with Crippen LogP contribution in [0, 0.1) is 22.9 Å². The minimum Gasteiger partial charge on any atom is -0.429 e. The smallest absolute Gasteiger partial charge is 0.311 e. The number of ether oxygens (including phenoxy) is 1. The van der Waals surface area contributed by atoms with E-state index in [1.807, 2.05) is 6.92 Å². The van der Waals surface area contributed by atoms with Crippen LogP contribution in [-0.2, 0) is 0 Å². The molecular weight excluding hydrogens is 279 g/mol. The van der Waals surface area contributed by atoms with Gasteiger partial charge in [0.25, 0.3) is 5.88 Å². The van der Waals surface area contributed by atoms with E-state index in [1.54, 1.807) is 13.0 Å². The Bertz CT molecular complexity index is 678. The highest BCUT2D eigenvalue weighted by Gasteiger charge is 2.18. The molecule has 1 N–H and O–H groups in total. The van der Waals surface area contributed by atoms with Crippen molar-refractivity contribution >= 4 is 11.6 Å². The molecule has 2 aromatic rings. The average Bonchev–Trinajstić information content (AvgIpc) is 2.44. The third-order valence-electron chi connectivity index (χ3n) is 2.56. The highest BCUT2D eigenvalue weighted by atomic mass is 19.1. The zero-order chi connectivity index (χ0) is 15.4. The molecule has 0 atom stereocenters. The van der Waals surface area contributed by atoms with E-state index in [-0.39, 0.29) is 23.3 Å². The Morgan fingerprint density at radius 1 is 1.48 bits per heavy atom. The number of benzene rings is 1. The van der Waals surface area contributed by atoms with Gasteiger partial charge in [-0.1, -0.05) is 6.07 Å². The lowest BCUT2D eigenvalue weighted by Gasteiger charge is -2.08. The Kier molecular flexibility index (Phi) is 4.27. The number of hydrogen-bond donors (Lipinski definition) is 1. The molecule has 1 aromatic carbocycles. The van der Waals surface area contributed by atoms with Gasteiger partial charge in [0.1, 0.15) is 0 Å². The number of nitro groups is 1. The molecule has 0 saturated carbocycles. The van der Waals surface area contributed by atoms with Crippen LogP contribution in [0.5, 0.6) is 11.6 Å². The number of anilines is 1. The van der Waals surface area contributed by atoms with Gasteiger partial charge in [-0.15, -0.1) is 0 Å². The highest BCUT2D eigenvalue weighted by Crippen LogP contribution is 2.32. The first kappa shape index (κ1) is 14.6. The summed E-state index contributed by atoms with van der Waals surface area (Å²) >= 11 is 0. The summed E-state index contributed by atoms with van der Waals surface area (Å²) in [5.41, 5.74) is 0.448. The third-order valence-corrected chi connectivity index (χ3v) is 2.56. The lowest BCUT2D eigenvalue weighted by Crippen LogP contribution is -2.04. The molecule has 0 bridgehead atoms. The maximum Gasteiger partial charge on any atom is 0.311 e. The largest absolute Gasteiger partial charge is 0.429 e. The summed E-state index contributed by atoms with van der Waals surface area (Å²) in [5, 5.41) is 13.8. The second-order valence-corrected chi connectivity index (χ2v) is 4.21. The minimum absolute atomic E-state index is 0.0781. The van der Waals surface area contributed by atoms with E-state index in [1.165, 1.54) is 12.1 Å². The molecule has 1 aromatic heterocycles. The van der Waals surface area contributed by atoms with E-state index in [4.69, 9.17) is 4.74 Å². The Labute approximate surface area is 120 Å². The molecule has 1 heterocycles. The van der Waals surface area contributed by atoms with Gasteiger partial charge in [0, 0.05) is 12.6 Å². The number of aromatic nitrogens is 2. The monoisotopic (exact) mass is 292 g/mol. The maximum atomic E-state index is 13.7. The van der Waals surface area contributed by atoms with Crippen LogP contribution in [0.2, 0.25) is 0 Å². The quantitative estimate of drug-likeness (QED) is 0.672. The predicted octanol–water partition coefficient (Wildman–Crippen LogP) is 3.06. The van der Waals surface area contributed by atoms with Crippen LogP contribution >= 0.6 is 0 Å². The Morgan fingerprint density at radius 2 is 2.24 bits per heavy atom. The average molecular weight is 292 g/mol. The van der Waals surface area contributed by atoms with Crippen LogP contribution in [0.15, 0.2) is 24.4 Å². The summed E-state index contributed by atoms with van der Waals surface area (Å²) < 4.78 is 18.9. The van der Waals surface area contributed by atoms with E-state index < -0.39 is 10.7 Å². The van der Waals surface area contributed by atoms with Gasteiger partial charge in [0.2, 0.25) is 17.5 Å². The molecule has 0 unspecified atom stereocenters. The van der Waals surface area contributed by atoms with Crippen molar-refractivity contribution in [1.29, 1.82) is 0 Å². The van der Waals surface area contributed by atoms with E-state index in [0.29, 0.717) is 12.1 Å². The highest BCUT2D eigenvalue weighted by molar-refractivity contribution is 5.50. The van der Waals surface area contributed by atoms with Crippen molar-refractivity contribution in [1.82, 2.24) is 9.97 Å². The zero-order valence-corrected chi connectivity index (χ0v) is 11.5. The van der Waals surface area contributed by atoms with E-state index in [2.05, 4.69) is 15.3 Å². The molecule has 0 aliphatic carbocycles.